The molecule has 14 heavy (non-hydrogen) atoms. The Bertz CT molecular complexity index is 519. The highest BCUT2D eigenvalue weighted by Crippen LogP contribution is 2.26. The Morgan fingerprint density at radius 1 is 1.50 bits per heavy atom. The van der Waals surface area contributed by atoms with Crippen molar-refractivity contribution in [3.63, 3.8) is 0 Å². The van der Waals surface area contributed by atoms with Crippen LogP contribution in [0.25, 0.3) is 11.0 Å². The number of nitrogens with zero attached hydrogens (tertiary/aromatic N) is 3. The summed E-state index contributed by atoms with van der Waals surface area (Å²) < 4.78 is 4.09. The second kappa shape index (κ2) is 2.55. The van der Waals surface area contributed by atoms with Gasteiger partial charge in [0.05, 0.1) is 10.1 Å². The Hall–Kier alpha value is -2.38. The fourth-order valence-corrected chi connectivity index (χ4v) is 1.08. The van der Waals surface area contributed by atoms with Gasteiger partial charge in [-0.1, -0.05) is 11.8 Å². The lowest BCUT2D eigenvalue weighted by Gasteiger charge is -2.01. The summed E-state index contributed by atoms with van der Waals surface area (Å²) >= 11 is 0. The lowest BCUT2D eigenvalue weighted by Crippen LogP contribution is -2.23. The third kappa shape index (κ3) is 0.937. The van der Waals surface area contributed by atoms with Gasteiger partial charge in [-0.05, 0) is 4.90 Å². The van der Waals surface area contributed by atoms with Gasteiger partial charge in [0.25, 0.3) is 0 Å². The highest BCUT2D eigenvalue weighted by Gasteiger charge is 2.22. The van der Waals surface area contributed by atoms with Gasteiger partial charge in [0, 0.05) is 6.07 Å². The summed E-state index contributed by atoms with van der Waals surface area (Å²) in [5.74, 6) is -0.665. The van der Waals surface area contributed by atoms with Crippen molar-refractivity contribution in [1.82, 2.24) is 5.16 Å². The molecule has 0 aliphatic carbocycles. The first-order valence-corrected chi connectivity index (χ1v) is 3.45. The number of nitro groups is 1. The first-order chi connectivity index (χ1) is 6.61. The Kier molecular flexibility index (Phi) is 1.50. The molecule has 0 aliphatic heterocycles. The van der Waals surface area contributed by atoms with E-state index in [1.165, 1.54) is 0 Å². The summed E-state index contributed by atoms with van der Waals surface area (Å²) in [5, 5.41) is 35.5. The first kappa shape index (κ1) is 8.23. The molecule has 0 unspecified atom stereocenters. The second-order valence-electron chi connectivity index (χ2n) is 2.47. The van der Waals surface area contributed by atoms with Crippen LogP contribution < -0.4 is 10.0 Å². The lowest BCUT2D eigenvalue weighted by atomic mass is 10.2. The molecule has 0 aliphatic rings. The van der Waals surface area contributed by atoms with Gasteiger partial charge < -0.3 is 10.3 Å². The largest absolute Gasteiger partial charge is 0.869 e. The van der Waals surface area contributed by atoms with Crippen molar-refractivity contribution in [3.8, 4) is 5.75 Å². The van der Waals surface area contributed by atoms with Crippen LogP contribution in [0.3, 0.4) is 0 Å². The maximum atomic E-state index is 11.1. The van der Waals surface area contributed by atoms with Gasteiger partial charge in [0.2, 0.25) is 5.52 Å². The third-order valence-corrected chi connectivity index (χ3v) is 1.68. The van der Waals surface area contributed by atoms with E-state index in [4.69, 9.17) is 0 Å². The molecule has 0 radical (unpaired) electrons. The fraction of sp³-hybridized carbons (Fsp3) is 0. The van der Waals surface area contributed by atoms with Crippen LogP contribution in [0.1, 0.15) is 0 Å². The van der Waals surface area contributed by atoms with Crippen molar-refractivity contribution in [3.05, 3.63) is 27.5 Å². The lowest BCUT2D eigenvalue weighted by molar-refractivity contribution is -0.783. The number of non-ortho nitro benzene ring substituents is 1. The van der Waals surface area contributed by atoms with Crippen LogP contribution in [0.15, 0.2) is 16.8 Å². The molecule has 0 amide bonds. The van der Waals surface area contributed by atoms with E-state index in [1.54, 1.807) is 0 Å². The third-order valence-electron chi connectivity index (χ3n) is 1.68. The van der Waals surface area contributed by atoms with Crippen LogP contribution in [0, 0.1) is 15.3 Å². The molecule has 1 aromatic carbocycles. The number of fused-ring (bicyclic) bond motifs is 1. The molecule has 0 fully saturated rings. The first-order valence-electron chi connectivity index (χ1n) is 3.45. The summed E-state index contributed by atoms with van der Waals surface area (Å²) in [4.78, 5) is 9.55. The van der Waals surface area contributed by atoms with Crippen LogP contribution in [0.2, 0.25) is 0 Å². The molecule has 8 nitrogen and oxygen atoms in total. The molecule has 0 atom stereocenters. The summed E-state index contributed by atoms with van der Waals surface area (Å²) in [7, 11) is 0. The number of hydrogen-bond donors (Lipinski definition) is 0. The Labute approximate surface area is 75.7 Å². The van der Waals surface area contributed by atoms with Gasteiger partial charge in [-0.25, -0.2) is 0 Å². The predicted molar refractivity (Wildman–Crippen MR) is 39.1 cm³/mol. The van der Waals surface area contributed by atoms with Gasteiger partial charge in [-0.15, -0.1) is 0 Å². The molecule has 0 bridgehead atoms. The molecule has 0 spiro atoms. The molecule has 72 valence electrons. The number of benzene rings is 1. The Morgan fingerprint density at radius 2 is 2.21 bits per heavy atom. The minimum absolute atomic E-state index is 0.148. The van der Waals surface area contributed by atoms with Crippen LogP contribution in [-0.2, 0) is 0 Å². The van der Waals surface area contributed by atoms with Crippen molar-refractivity contribution < 1.29 is 19.6 Å². The van der Waals surface area contributed by atoms with Gasteiger partial charge in [0.15, 0.2) is 0 Å². The summed E-state index contributed by atoms with van der Waals surface area (Å²) in [6, 6.07) is 1.90. The predicted octanol–water partition coefficient (Wildman–Crippen LogP) is -0.557. The standard InChI is InChI=1S/C6H3N3O5/c10-4-2-1-3(8(11)12)5-6(4)9(13)14-7-5/h1-2,10H/p-1. The van der Waals surface area contributed by atoms with Crippen molar-refractivity contribution in [2.75, 3.05) is 0 Å². The summed E-state index contributed by atoms with van der Waals surface area (Å²) in [6.07, 6.45) is 0. The van der Waals surface area contributed by atoms with E-state index in [-0.39, 0.29) is 10.4 Å². The molecule has 1 heterocycles. The normalized spacial score (nSPS) is 10.6. The van der Waals surface area contributed by atoms with Gasteiger partial charge >= 0.3 is 11.2 Å². The number of nitro benzene ring substituents is 1. The van der Waals surface area contributed by atoms with Gasteiger partial charge in [-0.3, -0.25) is 14.7 Å². The zero-order valence-electron chi connectivity index (χ0n) is 6.54. The van der Waals surface area contributed by atoms with Gasteiger partial charge in [0.1, 0.15) is 0 Å². The average Bonchev–Trinajstić information content (AvgIpc) is 2.49. The Morgan fingerprint density at radius 3 is 2.86 bits per heavy atom. The minimum Gasteiger partial charge on any atom is -0.869 e. The van der Waals surface area contributed by atoms with E-state index in [1.807, 2.05) is 0 Å². The fourth-order valence-electron chi connectivity index (χ4n) is 1.08. The zero-order valence-corrected chi connectivity index (χ0v) is 6.54. The molecule has 2 rings (SSSR count). The SMILES string of the molecule is O=[N+]([O-])c1ccc([O-])c2c1no[n+]2[O-]. The van der Waals surface area contributed by atoms with Crippen LogP contribution in [0.4, 0.5) is 5.69 Å². The van der Waals surface area contributed by atoms with E-state index >= 15 is 0 Å². The molecule has 8 heteroatoms. The molecule has 1 aromatic heterocycles. The highest BCUT2D eigenvalue weighted by molar-refractivity contribution is 5.85. The molecular formula is C6H2N3O5-. The van der Waals surface area contributed by atoms with E-state index in [0.29, 0.717) is 0 Å². The smallest absolute Gasteiger partial charge is 0.326 e. The van der Waals surface area contributed by atoms with Crippen LogP contribution >= 0.6 is 0 Å². The monoisotopic (exact) mass is 196 g/mol. The zero-order chi connectivity index (χ0) is 10.3. The highest BCUT2D eigenvalue weighted by atomic mass is 16.8. The van der Waals surface area contributed by atoms with Crippen molar-refractivity contribution in [2.45, 2.75) is 0 Å². The Balaban J connectivity index is 2.90. The van der Waals surface area contributed by atoms with Crippen LogP contribution in [-0.4, -0.2) is 10.1 Å². The van der Waals surface area contributed by atoms with E-state index in [0.717, 1.165) is 12.1 Å². The van der Waals surface area contributed by atoms with Gasteiger partial charge in [-0.2, -0.15) is 0 Å². The average molecular weight is 196 g/mol. The quantitative estimate of drug-likeness (QED) is 0.342. The summed E-state index contributed by atoms with van der Waals surface area (Å²) in [5.41, 5.74) is -1.23. The number of aromatic nitrogens is 2. The van der Waals surface area contributed by atoms with E-state index in [2.05, 4.69) is 9.79 Å². The van der Waals surface area contributed by atoms with Crippen LogP contribution in [0.5, 0.6) is 5.75 Å². The second-order valence-corrected chi connectivity index (χ2v) is 2.47. The molecule has 0 saturated carbocycles. The molecular weight excluding hydrogens is 194 g/mol. The topological polar surface area (TPSA) is 119 Å². The maximum Gasteiger partial charge on any atom is 0.326 e. The minimum atomic E-state index is -0.746. The molecule has 0 N–H and O–H groups in total. The molecule has 2 aromatic rings. The van der Waals surface area contributed by atoms with E-state index < -0.39 is 21.9 Å². The van der Waals surface area contributed by atoms with E-state index in [9.17, 15) is 20.4 Å². The number of hydrogen-bond acceptors (Lipinski definition) is 6. The van der Waals surface area contributed by atoms with Crippen molar-refractivity contribution in [1.29, 1.82) is 0 Å². The summed E-state index contributed by atoms with van der Waals surface area (Å²) in [6.45, 7) is 0. The van der Waals surface area contributed by atoms with Crippen molar-refractivity contribution in [2.24, 2.45) is 0 Å². The number of rotatable bonds is 1. The maximum absolute atomic E-state index is 11.1. The van der Waals surface area contributed by atoms with Crippen molar-refractivity contribution >= 4 is 16.7 Å². The molecule has 0 saturated heterocycles.